The van der Waals surface area contributed by atoms with Crippen LogP contribution in [-0.4, -0.2) is 38.2 Å². The fourth-order valence-electron chi connectivity index (χ4n) is 3.20. The fourth-order valence-corrected chi connectivity index (χ4v) is 3.20. The number of aromatic nitrogens is 3. The van der Waals surface area contributed by atoms with Crippen molar-refractivity contribution in [1.29, 1.82) is 0 Å². The second kappa shape index (κ2) is 6.73. The average molecular weight is 298 g/mol. The molecule has 2 heterocycles. The molecule has 3 rings (SSSR count). The molecule has 1 aromatic carbocycles. The summed E-state index contributed by atoms with van der Waals surface area (Å²) in [6.07, 6.45) is 6.36. The van der Waals surface area contributed by atoms with E-state index in [9.17, 15) is 4.79 Å². The van der Waals surface area contributed by atoms with E-state index in [0.29, 0.717) is 12.5 Å². The lowest BCUT2D eigenvalue weighted by atomic mass is 10.1. The van der Waals surface area contributed by atoms with E-state index in [1.165, 1.54) is 0 Å². The van der Waals surface area contributed by atoms with Crippen LogP contribution >= 0.6 is 0 Å². The Morgan fingerprint density at radius 1 is 1.32 bits per heavy atom. The highest BCUT2D eigenvalue weighted by molar-refractivity contribution is 5.76. The van der Waals surface area contributed by atoms with Gasteiger partial charge in [0.25, 0.3) is 0 Å². The number of likely N-dealkylation sites (tertiary alicyclic amines) is 1. The van der Waals surface area contributed by atoms with Gasteiger partial charge in [-0.2, -0.15) is 0 Å². The van der Waals surface area contributed by atoms with Gasteiger partial charge in [0.2, 0.25) is 5.91 Å². The van der Waals surface area contributed by atoms with Gasteiger partial charge in [0.1, 0.15) is 12.2 Å². The van der Waals surface area contributed by atoms with Crippen LogP contribution in [0.4, 0.5) is 0 Å². The molecule has 2 aromatic rings. The molecule has 1 atom stereocenters. The number of nitrogens with zero attached hydrogens (tertiary/aromatic N) is 4. The molecule has 1 amide bonds. The molecule has 1 unspecified atom stereocenters. The monoisotopic (exact) mass is 298 g/mol. The Morgan fingerprint density at radius 3 is 2.91 bits per heavy atom. The van der Waals surface area contributed by atoms with E-state index in [1.807, 2.05) is 34.6 Å². The van der Waals surface area contributed by atoms with Gasteiger partial charge in [0.15, 0.2) is 0 Å². The third-order valence-corrected chi connectivity index (χ3v) is 4.35. The largest absolute Gasteiger partial charge is 0.340 e. The second-order valence-corrected chi connectivity index (χ2v) is 5.73. The van der Waals surface area contributed by atoms with Gasteiger partial charge in [-0.05, 0) is 31.4 Å². The molecule has 0 aliphatic carbocycles. The minimum atomic E-state index is 0.270. The first kappa shape index (κ1) is 14.8. The number of rotatable bonds is 5. The van der Waals surface area contributed by atoms with Gasteiger partial charge >= 0.3 is 0 Å². The number of aryl methyl sites for hydroxylation is 1. The highest BCUT2D eigenvalue weighted by Gasteiger charge is 2.27. The zero-order valence-corrected chi connectivity index (χ0v) is 13.0. The van der Waals surface area contributed by atoms with Gasteiger partial charge in [-0.3, -0.25) is 9.36 Å². The van der Waals surface area contributed by atoms with Crippen LogP contribution in [0, 0.1) is 0 Å². The molecule has 0 saturated carbocycles. The summed E-state index contributed by atoms with van der Waals surface area (Å²) < 4.78 is 2.03. The van der Waals surface area contributed by atoms with Crippen LogP contribution in [0.3, 0.4) is 0 Å². The number of amides is 1. The van der Waals surface area contributed by atoms with E-state index in [0.717, 1.165) is 43.7 Å². The summed E-state index contributed by atoms with van der Waals surface area (Å²) in [5.41, 5.74) is 1.08. The van der Waals surface area contributed by atoms with E-state index in [-0.39, 0.29) is 5.91 Å². The second-order valence-electron chi connectivity index (χ2n) is 5.73. The fraction of sp³-hybridized carbons (Fsp3) is 0.471. The predicted octanol–water partition coefficient (Wildman–Crippen LogP) is 2.60. The van der Waals surface area contributed by atoms with Crippen molar-refractivity contribution < 1.29 is 4.79 Å². The lowest BCUT2D eigenvalue weighted by molar-refractivity contribution is -0.131. The third-order valence-electron chi connectivity index (χ3n) is 4.35. The normalized spacial score (nSPS) is 17.9. The summed E-state index contributed by atoms with van der Waals surface area (Å²) in [4.78, 5) is 14.0. The Kier molecular flexibility index (Phi) is 4.51. The van der Waals surface area contributed by atoms with Crippen molar-refractivity contribution in [2.45, 2.75) is 45.1 Å². The molecule has 0 radical (unpaired) electrons. The molecule has 1 aliphatic heterocycles. The number of hydrogen-bond donors (Lipinski definition) is 0. The van der Waals surface area contributed by atoms with Crippen LogP contribution in [0.5, 0.6) is 0 Å². The molecule has 1 fully saturated rings. The van der Waals surface area contributed by atoms with Crippen molar-refractivity contribution in [2.75, 3.05) is 6.54 Å². The van der Waals surface area contributed by atoms with E-state index >= 15 is 0 Å². The lowest BCUT2D eigenvalue weighted by Gasteiger charge is -2.24. The van der Waals surface area contributed by atoms with Crippen LogP contribution in [0.2, 0.25) is 0 Å². The summed E-state index contributed by atoms with van der Waals surface area (Å²) in [6, 6.07) is 10.5. The van der Waals surface area contributed by atoms with Crippen molar-refractivity contribution in [1.82, 2.24) is 19.7 Å². The Morgan fingerprint density at radius 2 is 2.14 bits per heavy atom. The smallest absolute Gasteiger partial charge is 0.222 e. The molecule has 1 aromatic heterocycles. The highest BCUT2D eigenvalue weighted by Crippen LogP contribution is 2.22. The quantitative estimate of drug-likeness (QED) is 0.852. The molecule has 0 bridgehead atoms. The predicted molar refractivity (Wildman–Crippen MR) is 84.7 cm³/mol. The van der Waals surface area contributed by atoms with E-state index in [4.69, 9.17) is 0 Å². The van der Waals surface area contributed by atoms with Crippen LogP contribution in [0.15, 0.2) is 36.7 Å². The summed E-state index contributed by atoms with van der Waals surface area (Å²) >= 11 is 0. The Balaban J connectivity index is 1.68. The minimum Gasteiger partial charge on any atom is -0.340 e. The zero-order chi connectivity index (χ0) is 15.4. The lowest BCUT2D eigenvalue weighted by Crippen LogP contribution is -2.35. The van der Waals surface area contributed by atoms with Crippen molar-refractivity contribution >= 4 is 5.91 Å². The van der Waals surface area contributed by atoms with Crippen molar-refractivity contribution in [2.24, 2.45) is 0 Å². The topological polar surface area (TPSA) is 51.0 Å². The molecular weight excluding hydrogens is 276 g/mol. The van der Waals surface area contributed by atoms with E-state index in [1.54, 1.807) is 6.33 Å². The first-order valence-electron chi connectivity index (χ1n) is 8.03. The molecule has 0 spiro atoms. The standard InChI is InChI=1S/C17H22N4O/c1-2-17(22)20-12-6-9-15(20)10-11-16-19-18-13-21(16)14-7-4-3-5-8-14/h3-5,7-8,13,15H,2,6,9-12H2,1H3. The number of para-hydroxylation sites is 1. The van der Waals surface area contributed by atoms with Crippen LogP contribution in [-0.2, 0) is 11.2 Å². The minimum absolute atomic E-state index is 0.270. The SMILES string of the molecule is CCC(=O)N1CCCC1CCc1nncn1-c1ccccc1. The van der Waals surface area contributed by atoms with Gasteiger partial charge in [-0.1, -0.05) is 25.1 Å². The maximum absolute atomic E-state index is 12.0. The van der Waals surface area contributed by atoms with Gasteiger partial charge < -0.3 is 4.90 Å². The van der Waals surface area contributed by atoms with Crippen molar-refractivity contribution in [3.63, 3.8) is 0 Å². The number of carbonyl (C=O) groups is 1. The first-order chi connectivity index (χ1) is 10.8. The average Bonchev–Trinajstić information content (AvgIpc) is 3.21. The number of hydrogen-bond acceptors (Lipinski definition) is 3. The van der Waals surface area contributed by atoms with Crippen LogP contribution in [0.1, 0.15) is 38.4 Å². The molecular formula is C17H22N4O. The molecule has 1 saturated heterocycles. The van der Waals surface area contributed by atoms with Gasteiger partial charge in [-0.25, -0.2) is 0 Å². The maximum Gasteiger partial charge on any atom is 0.222 e. The maximum atomic E-state index is 12.0. The Hall–Kier alpha value is -2.17. The summed E-state index contributed by atoms with van der Waals surface area (Å²) in [5.74, 6) is 1.23. The molecule has 5 heteroatoms. The molecule has 0 N–H and O–H groups in total. The third kappa shape index (κ3) is 3.03. The molecule has 5 nitrogen and oxygen atoms in total. The molecule has 1 aliphatic rings. The number of carbonyl (C=O) groups excluding carboxylic acids is 1. The van der Waals surface area contributed by atoms with Gasteiger partial charge in [0, 0.05) is 31.1 Å². The molecule has 22 heavy (non-hydrogen) atoms. The zero-order valence-electron chi connectivity index (χ0n) is 13.0. The highest BCUT2D eigenvalue weighted by atomic mass is 16.2. The van der Waals surface area contributed by atoms with Crippen molar-refractivity contribution in [3.05, 3.63) is 42.5 Å². The number of benzene rings is 1. The van der Waals surface area contributed by atoms with Crippen molar-refractivity contribution in [3.8, 4) is 5.69 Å². The van der Waals surface area contributed by atoms with Crippen LogP contribution in [0.25, 0.3) is 5.69 Å². The van der Waals surface area contributed by atoms with E-state index in [2.05, 4.69) is 22.3 Å². The summed E-state index contributed by atoms with van der Waals surface area (Å²) in [6.45, 7) is 2.84. The van der Waals surface area contributed by atoms with Crippen LogP contribution < -0.4 is 0 Å². The van der Waals surface area contributed by atoms with Gasteiger partial charge in [-0.15, -0.1) is 10.2 Å². The molecule has 116 valence electrons. The Labute approximate surface area is 131 Å². The summed E-state index contributed by atoms with van der Waals surface area (Å²) in [5, 5.41) is 8.30. The summed E-state index contributed by atoms with van der Waals surface area (Å²) in [7, 11) is 0. The van der Waals surface area contributed by atoms with Gasteiger partial charge in [0.05, 0.1) is 0 Å². The Bertz CT molecular complexity index is 623. The van der Waals surface area contributed by atoms with E-state index < -0.39 is 0 Å². The first-order valence-corrected chi connectivity index (χ1v) is 8.03.